The average Bonchev–Trinajstić information content (AvgIpc) is 2.78. The molecule has 0 N–H and O–H groups in total. The van der Waals surface area contributed by atoms with Crippen molar-refractivity contribution in [3.63, 3.8) is 0 Å². The lowest BCUT2D eigenvalue weighted by atomic mass is 10.1. The maximum Gasteiger partial charge on any atom is 0.228 e. The van der Waals surface area contributed by atoms with Gasteiger partial charge in [-0.15, -0.1) is 0 Å². The molecule has 21 heavy (non-hydrogen) atoms. The van der Waals surface area contributed by atoms with Crippen molar-refractivity contribution < 1.29 is 14.4 Å². The standard InChI is InChI=1S/C16H18N2O3/c1-11(20)17(3)9-8-14-13-6-4-5-7-15(13)18(12(2)21)16(14)10-19/h4-7,10H,8-9H2,1-3H3. The molecule has 0 bridgehead atoms. The van der Waals surface area contributed by atoms with Gasteiger partial charge in [-0.3, -0.25) is 19.0 Å². The third-order valence-corrected chi connectivity index (χ3v) is 3.68. The summed E-state index contributed by atoms with van der Waals surface area (Å²) >= 11 is 0. The molecule has 0 fully saturated rings. The van der Waals surface area contributed by atoms with Crippen LogP contribution in [0.1, 0.15) is 34.7 Å². The van der Waals surface area contributed by atoms with Crippen LogP contribution in [0.4, 0.5) is 0 Å². The van der Waals surface area contributed by atoms with Crippen LogP contribution in [0.3, 0.4) is 0 Å². The van der Waals surface area contributed by atoms with Crippen LogP contribution in [0.2, 0.25) is 0 Å². The molecule has 2 aromatic rings. The molecule has 0 aliphatic carbocycles. The summed E-state index contributed by atoms with van der Waals surface area (Å²) in [6, 6.07) is 7.42. The predicted molar refractivity (Wildman–Crippen MR) is 80.6 cm³/mol. The number of benzene rings is 1. The Labute approximate surface area is 123 Å². The van der Waals surface area contributed by atoms with Gasteiger partial charge < -0.3 is 4.90 Å². The lowest BCUT2D eigenvalue weighted by Crippen LogP contribution is -2.26. The summed E-state index contributed by atoms with van der Waals surface area (Å²) in [7, 11) is 1.72. The minimum Gasteiger partial charge on any atom is -0.346 e. The van der Waals surface area contributed by atoms with Crippen molar-refractivity contribution in [3.8, 4) is 0 Å². The Balaban J connectivity index is 2.54. The molecule has 0 unspecified atom stereocenters. The van der Waals surface area contributed by atoms with Crippen molar-refractivity contribution in [3.05, 3.63) is 35.5 Å². The molecule has 110 valence electrons. The molecule has 0 radical (unpaired) electrons. The van der Waals surface area contributed by atoms with Crippen LogP contribution in [-0.4, -0.2) is 41.2 Å². The number of rotatable bonds is 4. The second kappa shape index (κ2) is 5.91. The van der Waals surface area contributed by atoms with Crippen LogP contribution in [0.5, 0.6) is 0 Å². The molecule has 1 aromatic carbocycles. The van der Waals surface area contributed by atoms with E-state index in [-0.39, 0.29) is 11.8 Å². The number of hydrogen-bond donors (Lipinski definition) is 0. The van der Waals surface area contributed by atoms with E-state index in [1.807, 2.05) is 24.3 Å². The lowest BCUT2D eigenvalue weighted by Gasteiger charge is -2.14. The normalized spacial score (nSPS) is 10.6. The van der Waals surface area contributed by atoms with Crippen LogP contribution in [0, 0.1) is 0 Å². The van der Waals surface area contributed by atoms with Gasteiger partial charge in [-0.2, -0.15) is 0 Å². The molecule has 0 aliphatic rings. The van der Waals surface area contributed by atoms with E-state index in [2.05, 4.69) is 0 Å². The van der Waals surface area contributed by atoms with E-state index >= 15 is 0 Å². The number of aldehydes is 1. The Morgan fingerprint density at radius 3 is 2.48 bits per heavy atom. The Kier molecular flexibility index (Phi) is 4.21. The fraction of sp³-hybridized carbons (Fsp3) is 0.312. The zero-order chi connectivity index (χ0) is 15.6. The lowest BCUT2D eigenvalue weighted by molar-refractivity contribution is -0.127. The van der Waals surface area contributed by atoms with E-state index < -0.39 is 0 Å². The smallest absolute Gasteiger partial charge is 0.228 e. The quantitative estimate of drug-likeness (QED) is 0.809. The Morgan fingerprint density at radius 2 is 1.90 bits per heavy atom. The number of carbonyl (C=O) groups excluding carboxylic acids is 3. The highest BCUT2D eigenvalue weighted by Gasteiger charge is 2.19. The zero-order valence-corrected chi connectivity index (χ0v) is 12.4. The Bertz CT molecular complexity index is 716. The minimum atomic E-state index is -0.195. The van der Waals surface area contributed by atoms with E-state index in [0.29, 0.717) is 24.9 Å². The van der Waals surface area contributed by atoms with Crippen LogP contribution in [0.15, 0.2) is 24.3 Å². The van der Waals surface area contributed by atoms with Gasteiger partial charge in [0.15, 0.2) is 6.29 Å². The second-order valence-corrected chi connectivity index (χ2v) is 5.04. The highest BCUT2D eigenvalue weighted by atomic mass is 16.2. The van der Waals surface area contributed by atoms with Gasteiger partial charge in [0, 0.05) is 32.8 Å². The zero-order valence-electron chi connectivity index (χ0n) is 12.4. The van der Waals surface area contributed by atoms with Gasteiger partial charge in [0.05, 0.1) is 11.2 Å². The highest BCUT2D eigenvalue weighted by Crippen LogP contribution is 2.26. The average molecular weight is 286 g/mol. The predicted octanol–water partition coefficient (Wildman–Crippen LogP) is 2.13. The van der Waals surface area contributed by atoms with Crippen LogP contribution in [0.25, 0.3) is 10.9 Å². The van der Waals surface area contributed by atoms with Gasteiger partial charge in [-0.05, 0) is 18.1 Å². The van der Waals surface area contributed by atoms with E-state index in [1.54, 1.807) is 11.9 Å². The van der Waals surface area contributed by atoms with Gasteiger partial charge in [-0.25, -0.2) is 0 Å². The van der Waals surface area contributed by atoms with E-state index in [4.69, 9.17) is 0 Å². The molecule has 5 heteroatoms. The highest BCUT2D eigenvalue weighted by molar-refractivity contribution is 6.01. The fourth-order valence-corrected chi connectivity index (χ4v) is 2.49. The molecule has 1 amide bonds. The summed E-state index contributed by atoms with van der Waals surface area (Å²) < 4.78 is 1.44. The number of fused-ring (bicyclic) bond motifs is 1. The Morgan fingerprint density at radius 1 is 1.24 bits per heavy atom. The molecule has 1 aromatic heterocycles. The summed E-state index contributed by atoms with van der Waals surface area (Å²) in [5, 5.41) is 0.881. The van der Waals surface area contributed by atoms with Gasteiger partial charge >= 0.3 is 0 Å². The maximum absolute atomic E-state index is 11.8. The van der Waals surface area contributed by atoms with Crippen LogP contribution in [-0.2, 0) is 11.2 Å². The number of amides is 1. The molecule has 0 atom stereocenters. The number of carbonyl (C=O) groups is 3. The van der Waals surface area contributed by atoms with Gasteiger partial charge in [-0.1, -0.05) is 18.2 Å². The first-order valence-electron chi connectivity index (χ1n) is 6.77. The molecule has 0 saturated heterocycles. The van der Waals surface area contributed by atoms with Crippen molar-refractivity contribution in [2.75, 3.05) is 13.6 Å². The molecule has 0 spiro atoms. The monoisotopic (exact) mass is 286 g/mol. The van der Waals surface area contributed by atoms with Gasteiger partial charge in [0.25, 0.3) is 0 Å². The molecule has 0 aliphatic heterocycles. The second-order valence-electron chi connectivity index (χ2n) is 5.04. The largest absolute Gasteiger partial charge is 0.346 e. The maximum atomic E-state index is 11.8. The topological polar surface area (TPSA) is 59.4 Å². The Hall–Kier alpha value is -2.43. The third kappa shape index (κ3) is 2.72. The van der Waals surface area contributed by atoms with Crippen molar-refractivity contribution in [1.29, 1.82) is 0 Å². The summed E-state index contributed by atoms with van der Waals surface area (Å²) in [5.74, 6) is -0.225. The molecular weight excluding hydrogens is 268 g/mol. The summed E-state index contributed by atoms with van der Waals surface area (Å²) in [4.78, 5) is 36.2. The SMILES string of the molecule is CC(=O)N(C)CCc1c(C=O)n(C(C)=O)c2ccccc12. The van der Waals surface area contributed by atoms with Crippen molar-refractivity contribution in [2.45, 2.75) is 20.3 Å². The summed E-state index contributed by atoms with van der Waals surface area (Å²) in [6.07, 6.45) is 1.25. The fourth-order valence-electron chi connectivity index (χ4n) is 2.49. The number of hydrogen-bond acceptors (Lipinski definition) is 3. The molecule has 2 rings (SSSR count). The number of aromatic nitrogens is 1. The van der Waals surface area contributed by atoms with E-state index in [0.717, 1.165) is 16.5 Å². The van der Waals surface area contributed by atoms with Crippen molar-refractivity contribution in [1.82, 2.24) is 9.47 Å². The molecule has 1 heterocycles. The van der Waals surface area contributed by atoms with E-state index in [1.165, 1.54) is 18.4 Å². The number of para-hydroxylation sites is 1. The first kappa shape index (κ1) is 15.0. The van der Waals surface area contributed by atoms with Gasteiger partial charge in [0.2, 0.25) is 11.8 Å². The van der Waals surface area contributed by atoms with Crippen molar-refractivity contribution in [2.24, 2.45) is 0 Å². The number of likely N-dealkylation sites (N-methyl/N-ethyl adjacent to an activating group) is 1. The number of nitrogens with zero attached hydrogens (tertiary/aromatic N) is 2. The molecule has 0 saturated carbocycles. The minimum absolute atomic E-state index is 0.0297. The van der Waals surface area contributed by atoms with Gasteiger partial charge in [0.1, 0.15) is 0 Å². The first-order valence-corrected chi connectivity index (χ1v) is 6.77. The molecular formula is C16H18N2O3. The molecule has 5 nitrogen and oxygen atoms in total. The van der Waals surface area contributed by atoms with Crippen LogP contribution < -0.4 is 0 Å². The van der Waals surface area contributed by atoms with Crippen LogP contribution >= 0.6 is 0 Å². The third-order valence-electron chi connectivity index (χ3n) is 3.68. The van der Waals surface area contributed by atoms with Crippen molar-refractivity contribution >= 4 is 29.0 Å². The first-order chi connectivity index (χ1) is 9.97. The summed E-state index contributed by atoms with van der Waals surface area (Å²) in [6.45, 7) is 3.44. The summed E-state index contributed by atoms with van der Waals surface area (Å²) in [5.41, 5.74) is 1.91. The van der Waals surface area contributed by atoms with E-state index in [9.17, 15) is 14.4 Å².